The molecule has 0 aliphatic heterocycles. The molecule has 17 heavy (non-hydrogen) atoms. The third-order valence-electron chi connectivity index (χ3n) is 1.56. The number of nitrogens with one attached hydrogen (secondary N) is 1. The van der Waals surface area contributed by atoms with Crippen LogP contribution in [0.5, 0.6) is 5.75 Å². The Kier molecular flexibility index (Phi) is 5.77. The van der Waals surface area contributed by atoms with Gasteiger partial charge in [-0.2, -0.15) is 0 Å². The van der Waals surface area contributed by atoms with Gasteiger partial charge in [-0.25, -0.2) is 0 Å². The van der Waals surface area contributed by atoms with E-state index in [1.54, 1.807) is 0 Å². The Balaban J connectivity index is 0.00000256. The summed E-state index contributed by atoms with van der Waals surface area (Å²) in [7, 11) is 0. The SMILES string of the molecule is Cl.NCC(=O)Nc1ccc(OC(F)(F)F)cc1. The fraction of sp³-hybridized carbons (Fsp3) is 0.222. The molecule has 0 fully saturated rings. The predicted molar refractivity (Wildman–Crippen MR) is 58.1 cm³/mol. The lowest BCUT2D eigenvalue weighted by molar-refractivity contribution is -0.274. The van der Waals surface area contributed by atoms with Crippen molar-refractivity contribution in [1.82, 2.24) is 0 Å². The zero-order valence-corrected chi connectivity index (χ0v) is 9.27. The maximum atomic E-state index is 11.8. The van der Waals surface area contributed by atoms with E-state index in [0.29, 0.717) is 5.69 Å². The van der Waals surface area contributed by atoms with Gasteiger partial charge in [0, 0.05) is 5.69 Å². The van der Waals surface area contributed by atoms with Crippen molar-refractivity contribution >= 4 is 24.0 Å². The molecule has 1 aromatic carbocycles. The summed E-state index contributed by atoms with van der Waals surface area (Å²) >= 11 is 0. The van der Waals surface area contributed by atoms with E-state index in [-0.39, 0.29) is 24.7 Å². The van der Waals surface area contributed by atoms with E-state index < -0.39 is 12.3 Å². The first-order valence-corrected chi connectivity index (χ1v) is 4.26. The molecular weight excluding hydrogens is 261 g/mol. The number of carbonyl (C=O) groups is 1. The Bertz CT molecular complexity index is 367. The Morgan fingerprint density at radius 3 is 2.24 bits per heavy atom. The summed E-state index contributed by atoms with van der Waals surface area (Å²) in [5.41, 5.74) is 5.40. The number of hydrogen-bond donors (Lipinski definition) is 2. The molecular formula is C9H10ClF3N2O2. The van der Waals surface area contributed by atoms with Crippen molar-refractivity contribution in [2.45, 2.75) is 6.36 Å². The van der Waals surface area contributed by atoms with Crippen LogP contribution in [0.2, 0.25) is 0 Å². The summed E-state index contributed by atoms with van der Waals surface area (Å²) in [6.07, 6.45) is -4.72. The summed E-state index contributed by atoms with van der Waals surface area (Å²) in [5.74, 6) is -0.775. The number of nitrogens with two attached hydrogens (primary N) is 1. The zero-order chi connectivity index (χ0) is 12.2. The van der Waals surface area contributed by atoms with Crippen LogP contribution in [0, 0.1) is 0 Å². The molecule has 0 unspecified atom stereocenters. The standard InChI is InChI=1S/C9H9F3N2O2.ClH/c10-9(11,12)16-7-3-1-6(2-4-7)14-8(15)5-13;/h1-4H,5,13H2,(H,14,15);1H. The minimum Gasteiger partial charge on any atom is -0.406 e. The largest absolute Gasteiger partial charge is 0.573 e. The monoisotopic (exact) mass is 270 g/mol. The molecule has 0 bridgehead atoms. The fourth-order valence-electron chi connectivity index (χ4n) is 0.952. The number of ether oxygens (including phenoxy) is 1. The van der Waals surface area contributed by atoms with Gasteiger partial charge in [0.25, 0.3) is 0 Å². The van der Waals surface area contributed by atoms with E-state index in [2.05, 4.69) is 10.1 Å². The van der Waals surface area contributed by atoms with Gasteiger partial charge in [-0.05, 0) is 24.3 Å². The number of carbonyl (C=O) groups excluding carboxylic acids is 1. The number of amides is 1. The first-order chi connectivity index (χ1) is 7.40. The van der Waals surface area contributed by atoms with E-state index in [1.807, 2.05) is 0 Å². The normalized spacial score (nSPS) is 10.4. The van der Waals surface area contributed by atoms with Gasteiger partial charge in [-0.15, -0.1) is 25.6 Å². The van der Waals surface area contributed by atoms with Gasteiger partial charge in [0.15, 0.2) is 0 Å². The van der Waals surface area contributed by atoms with E-state index in [0.717, 1.165) is 12.1 Å². The number of halogens is 4. The molecule has 0 heterocycles. The van der Waals surface area contributed by atoms with Crippen molar-refractivity contribution in [3.05, 3.63) is 24.3 Å². The highest BCUT2D eigenvalue weighted by atomic mass is 35.5. The molecule has 0 radical (unpaired) electrons. The van der Waals surface area contributed by atoms with Crippen molar-refractivity contribution in [3.63, 3.8) is 0 Å². The van der Waals surface area contributed by atoms with Crippen LogP contribution in [0.15, 0.2) is 24.3 Å². The molecule has 0 aromatic heterocycles. The van der Waals surface area contributed by atoms with E-state index in [4.69, 9.17) is 5.73 Å². The van der Waals surface area contributed by atoms with Crippen molar-refractivity contribution in [3.8, 4) is 5.75 Å². The zero-order valence-electron chi connectivity index (χ0n) is 8.45. The van der Waals surface area contributed by atoms with Crippen LogP contribution in [0.25, 0.3) is 0 Å². The first-order valence-electron chi connectivity index (χ1n) is 4.26. The molecule has 8 heteroatoms. The maximum absolute atomic E-state index is 11.8. The summed E-state index contributed by atoms with van der Waals surface area (Å²) in [5, 5.41) is 2.38. The molecule has 1 rings (SSSR count). The quantitative estimate of drug-likeness (QED) is 0.882. The van der Waals surface area contributed by atoms with E-state index in [9.17, 15) is 18.0 Å². The average Bonchev–Trinajstić information content (AvgIpc) is 2.18. The van der Waals surface area contributed by atoms with Crippen molar-refractivity contribution in [2.24, 2.45) is 5.73 Å². The number of anilines is 1. The Morgan fingerprint density at radius 1 is 1.29 bits per heavy atom. The minimum absolute atomic E-state index is 0. The van der Waals surface area contributed by atoms with Crippen LogP contribution in [0.4, 0.5) is 18.9 Å². The van der Waals surface area contributed by atoms with Crippen molar-refractivity contribution in [2.75, 3.05) is 11.9 Å². The second kappa shape index (κ2) is 6.31. The number of hydrogen-bond acceptors (Lipinski definition) is 3. The van der Waals surface area contributed by atoms with Crippen LogP contribution in [-0.2, 0) is 4.79 Å². The van der Waals surface area contributed by atoms with Crippen LogP contribution in [-0.4, -0.2) is 18.8 Å². The van der Waals surface area contributed by atoms with Crippen molar-refractivity contribution < 1.29 is 22.7 Å². The van der Waals surface area contributed by atoms with Gasteiger partial charge in [-0.1, -0.05) is 0 Å². The van der Waals surface area contributed by atoms with Gasteiger partial charge in [0.05, 0.1) is 6.54 Å². The molecule has 0 aliphatic carbocycles. The predicted octanol–water partition coefficient (Wildman–Crippen LogP) is 1.90. The summed E-state index contributed by atoms with van der Waals surface area (Å²) in [4.78, 5) is 10.8. The van der Waals surface area contributed by atoms with Gasteiger partial charge < -0.3 is 15.8 Å². The van der Waals surface area contributed by atoms with Gasteiger partial charge >= 0.3 is 6.36 Å². The molecule has 1 amide bonds. The Hall–Kier alpha value is -1.47. The van der Waals surface area contributed by atoms with E-state index in [1.165, 1.54) is 12.1 Å². The van der Waals surface area contributed by atoms with Crippen molar-refractivity contribution in [1.29, 1.82) is 0 Å². The van der Waals surface area contributed by atoms with Gasteiger partial charge in [0.2, 0.25) is 5.91 Å². The summed E-state index contributed by atoms with van der Waals surface area (Å²) in [6, 6.07) is 4.77. The molecule has 96 valence electrons. The van der Waals surface area contributed by atoms with Gasteiger partial charge in [-0.3, -0.25) is 4.79 Å². The van der Waals surface area contributed by atoms with Crippen LogP contribution < -0.4 is 15.8 Å². The minimum atomic E-state index is -4.72. The van der Waals surface area contributed by atoms with Crippen LogP contribution in [0.1, 0.15) is 0 Å². The van der Waals surface area contributed by atoms with Crippen LogP contribution >= 0.6 is 12.4 Å². The smallest absolute Gasteiger partial charge is 0.406 e. The molecule has 3 N–H and O–H groups in total. The molecule has 0 saturated carbocycles. The topological polar surface area (TPSA) is 64.4 Å². The lowest BCUT2D eigenvalue weighted by Gasteiger charge is -2.09. The second-order valence-electron chi connectivity index (χ2n) is 2.82. The molecule has 0 saturated heterocycles. The number of alkyl halides is 3. The molecule has 0 spiro atoms. The molecule has 0 atom stereocenters. The Labute approximate surface area is 101 Å². The highest BCUT2D eigenvalue weighted by Crippen LogP contribution is 2.23. The van der Waals surface area contributed by atoms with E-state index >= 15 is 0 Å². The summed E-state index contributed by atoms with van der Waals surface area (Å²) in [6.45, 7) is -0.194. The highest BCUT2D eigenvalue weighted by Gasteiger charge is 2.30. The number of rotatable bonds is 3. The highest BCUT2D eigenvalue weighted by molar-refractivity contribution is 5.92. The lowest BCUT2D eigenvalue weighted by Crippen LogP contribution is -2.21. The van der Waals surface area contributed by atoms with Crippen LogP contribution in [0.3, 0.4) is 0 Å². The fourth-order valence-corrected chi connectivity index (χ4v) is 0.952. The first kappa shape index (κ1) is 15.5. The average molecular weight is 271 g/mol. The molecule has 0 aliphatic rings. The lowest BCUT2D eigenvalue weighted by atomic mass is 10.3. The third-order valence-corrected chi connectivity index (χ3v) is 1.56. The third kappa shape index (κ3) is 5.98. The number of benzene rings is 1. The molecule has 4 nitrogen and oxygen atoms in total. The maximum Gasteiger partial charge on any atom is 0.573 e. The summed E-state index contributed by atoms with van der Waals surface area (Å²) < 4.78 is 39.0. The van der Waals surface area contributed by atoms with Gasteiger partial charge in [0.1, 0.15) is 5.75 Å². The Morgan fingerprint density at radius 2 is 1.82 bits per heavy atom. The second-order valence-corrected chi connectivity index (χ2v) is 2.82. The molecule has 1 aromatic rings.